The van der Waals surface area contributed by atoms with Crippen molar-refractivity contribution in [1.29, 1.82) is 0 Å². The van der Waals surface area contributed by atoms with Crippen LogP contribution in [0.15, 0.2) is 24.3 Å². The van der Waals surface area contributed by atoms with Crippen LogP contribution in [0.1, 0.15) is 56.5 Å². The quantitative estimate of drug-likeness (QED) is 0.863. The molecule has 0 unspecified atom stereocenters. The van der Waals surface area contributed by atoms with Crippen LogP contribution < -0.4 is 5.43 Å². The van der Waals surface area contributed by atoms with Crippen LogP contribution in [0.25, 0.3) is 0 Å². The maximum absolute atomic E-state index is 12.3. The molecule has 0 aliphatic heterocycles. The van der Waals surface area contributed by atoms with E-state index in [-0.39, 0.29) is 11.8 Å². The number of nitrogens with zero attached hydrogens (tertiary/aromatic N) is 1. The third-order valence-electron chi connectivity index (χ3n) is 2.88. The van der Waals surface area contributed by atoms with Crippen molar-refractivity contribution in [3.8, 4) is 0 Å². The minimum Gasteiger partial charge on any atom is -0.273 e. The molecule has 1 aromatic carbocycles. The van der Waals surface area contributed by atoms with Crippen LogP contribution >= 0.6 is 0 Å². The van der Waals surface area contributed by atoms with E-state index in [1.54, 1.807) is 12.1 Å². The molecule has 0 bridgehead atoms. The number of rotatable bonds is 3. The van der Waals surface area contributed by atoms with Crippen molar-refractivity contribution in [1.82, 2.24) is 10.4 Å². The molecule has 1 aromatic rings. The van der Waals surface area contributed by atoms with Crippen molar-refractivity contribution in [3.05, 3.63) is 35.4 Å². The van der Waals surface area contributed by atoms with Crippen molar-refractivity contribution < 1.29 is 9.59 Å². The largest absolute Gasteiger partial charge is 0.273 e. The molecule has 0 aliphatic carbocycles. The predicted molar refractivity (Wildman–Crippen MR) is 80.2 cm³/mol. The first-order valence-electron chi connectivity index (χ1n) is 6.96. The van der Waals surface area contributed by atoms with Gasteiger partial charge in [-0.25, -0.2) is 5.01 Å². The van der Waals surface area contributed by atoms with Gasteiger partial charge >= 0.3 is 0 Å². The molecule has 0 aromatic heterocycles. The Bertz CT molecular complexity index is 489. The van der Waals surface area contributed by atoms with Crippen molar-refractivity contribution in [2.75, 3.05) is 0 Å². The van der Waals surface area contributed by atoms with E-state index in [1.165, 1.54) is 5.01 Å². The average molecular weight is 276 g/mol. The van der Waals surface area contributed by atoms with Gasteiger partial charge in [0.05, 0.1) is 5.54 Å². The lowest BCUT2D eigenvalue weighted by atomic mass is 10.1. The number of benzene rings is 1. The van der Waals surface area contributed by atoms with Gasteiger partial charge in [-0.1, -0.05) is 24.6 Å². The maximum atomic E-state index is 12.3. The molecule has 1 N–H and O–H groups in total. The number of carbonyl (C=O) groups is 2. The van der Waals surface area contributed by atoms with Crippen LogP contribution in [-0.2, 0) is 4.79 Å². The topological polar surface area (TPSA) is 49.4 Å². The summed E-state index contributed by atoms with van der Waals surface area (Å²) < 4.78 is 0. The van der Waals surface area contributed by atoms with Crippen molar-refractivity contribution >= 4 is 11.8 Å². The highest BCUT2D eigenvalue weighted by Crippen LogP contribution is 2.14. The Kier molecular flexibility index (Phi) is 5.31. The molecule has 4 heteroatoms. The number of hydrogen-bond donors (Lipinski definition) is 1. The second-order valence-electron chi connectivity index (χ2n) is 5.96. The summed E-state index contributed by atoms with van der Waals surface area (Å²) in [5, 5.41) is 1.43. The number of amides is 2. The van der Waals surface area contributed by atoms with Gasteiger partial charge in [-0.15, -0.1) is 0 Å². The van der Waals surface area contributed by atoms with Gasteiger partial charge in [-0.3, -0.25) is 15.0 Å². The van der Waals surface area contributed by atoms with Crippen LogP contribution in [0, 0.1) is 6.92 Å². The van der Waals surface area contributed by atoms with Gasteiger partial charge in [0.1, 0.15) is 0 Å². The van der Waals surface area contributed by atoms with Gasteiger partial charge in [-0.05, 0) is 46.2 Å². The molecule has 0 atom stereocenters. The number of aryl methyl sites for hydroxylation is 1. The Morgan fingerprint density at radius 2 is 1.90 bits per heavy atom. The van der Waals surface area contributed by atoms with Gasteiger partial charge in [0, 0.05) is 12.0 Å². The minimum atomic E-state index is -0.453. The van der Waals surface area contributed by atoms with Gasteiger partial charge in [0.2, 0.25) is 5.91 Å². The van der Waals surface area contributed by atoms with E-state index < -0.39 is 5.54 Å². The molecule has 0 radical (unpaired) electrons. The summed E-state index contributed by atoms with van der Waals surface area (Å²) in [6.07, 6.45) is 1.18. The SMILES string of the molecule is CCCC(=O)N(NC(=O)c1cccc(C)c1)C(C)(C)C. The monoisotopic (exact) mass is 276 g/mol. The highest BCUT2D eigenvalue weighted by Gasteiger charge is 2.27. The Labute approximate surface area is 121 Å². The molecule has 0 aliphatic rings. The Morgan fingerprint density at radius 1 is 1.25 bits per heavy atom. The Balaban J connectivity index is 2.90. The van der Waals surface area contributed by atoms with E-state index in [9.17, 15) is 9.59 Å². The zero-order chi connectivity index (χ0) is 15.3. The lowest BCUT2D eigenvalue weighted by Crippen LogP contribution is -2.55. The minimum absolute atomic E-state index is 0.0685. The van der Waals surface area contributed by atoms with Crippen molar-refractivity contribution in [2.45, 2.75) is 53.0 Å². The van der Waals surface area contributed by atoms with E-state index in [1.807, 2.05) is 46.8 Å². The van der Waals surface area contributed by atoms with Crippen LogP contribution in [-0.4, -0.2) is 22.4 Å². The van der Waals surface area contributed by atoms with Gasteiger partial charge in [-0.2, -0.15) is 0 Å². The number of carbonyl (C=O) groups excluding carboxylic acids is 2. The van der Waals surface area contributed by atoms with Crippen LogP contribution in [0.3, 0.4) is 0 Å². The molecule has 0 saturated carbocycles. The fourth-order valence-corrected chi connectivity index (χ4v) is 1.88. The normalized spacial score (nSPS) is 11.1. The van der Waals surface area contributed by atoms with E-state index in [2.05, 4.69) is 5.43 Å². The summed E-state index contributed by atoms with van der Waals surface area (Å²) >= 11 is 0. The lowest BCUT2D eigenvalue weighted by Gasteiger charge is -2.35. The molecule has 4 nitrogen and oxygen atoms in total. The molecular formula is C16H24N2O2. The molecule has 110 valence electrons. The zero-order valence-electron chi connectivity index (χ0n) is 13.0. The summed E-state index contributed by atoms with van der Waals surface area (Å²) in [5.74, 6) is -0.325. The lowest BCUT2D eigenvalue weighted by molar-refractivity contribution is -0.139. The molecule has 2 amide bonds. The average Bonchev–Trinajstić information content (AvgIpc) is 2.34. The van der Waals surface area contributed by atoms with E-state index in [4.69, 9.17) is 0 Å². The van der Waals surface area contributed by atoms with Crippen molar-refractivity contribution in [3.63, 3.8) is 0 Å². The first-order valence-corrected chi connectivity index (χ1v) is 6.96. The molecule has 20 heavy (non-hydrogen) atoms. The van der Waals surface area contributed by atoms with Crippen LogP contribution in [0.5, 0.6) is 0 Å². The molecule has 0 saturated heterocycles. The standard InChI is InChI=1S/C16H24N2O2/c1-6-8-14(19)18(16(3,4)5)17-15(20)13-10-7-9-12(2)11-13/h7,9-11H,6,8H2,1-5H3,(H,17,20). The fourth-order valence-electron chi connectivity index (χ4n) is 1.88. The zero-order valence-corrected chi connectivity index (χ0v) is 13.0. The van der Waals surface area contributed by atoms with E-state index in [0.717, 1.165) is 12.0 Å². The van der Waals surface area contributed by atoms with Crippen LogP contribution in [0.4, 0.5) is 0 Å². The molecule has 1 rings (SSSR count). The third kappa shape index (κ3) is 4.37. The molecule has 0 heterocycles. The highest BCUT2D eigenvalue weighted by molar-refractivity contribution is 5.95. The van der Waals surface area contributed by atoms with E-state index >= 15 is 0 Å². The fraction of sp³-hybridized carbons (Fsp3) is 0.500. The highest BCUT2D eigenvalue weighted by atomic mass is 16.2. The van der Waals surface area contributed by atoms with Gasteiger partial charge in [0.15, 0.2) is 0 Å². The van der Waals surface area contributed by atoms with Gasteiger partial charge < -0.3 is 0 Å². The molecular weight excluding hydrogens is 252 g/mol. The Hall–Kier alpha value is -1.84. The summed E-state index contributed by atoms with van der Waals surface area (Å²) in [6.45, 7) is 9.58. The van der Waals surface area contributed by atoms with Crippen molar-refractivity contribution in [2.24, 2.45) is 0 Å². The molecule has 0 spiro atoms. The smallest absolute Gasteiger partial charge is 0.269 e. The second-order valence-corrected chi connectivity index (χ2v) is 5.96. The number of nitrogens with one attached hydrogen (secondary N) is 1. The second kappa shape index (κ2) is 6.55. The third-order valence-corrected chi connectivity index (χ3v) is 2.88. The van der Waals surface area contributed by atoms with E-state index in [0.29, 0.717) is 12.0 Å². The predicted octanol–water partition coefficient (Wildman–Crippen LogP) is 3.07. The Morgan fingerprint density at radius 3 is 2.40 bits per heavy atom. The summed E-state index contributed by atoms with van der Waals surface area (Å²) in [7, 11) is 0. The summed E-state index contributed by atoms with van der Waals surface area (Å²) in [6, 6.07) is 7.31. The first-order chi connectivity index (χ1) is 9.25. The van der Waals surface area contributed by atoms with Gasteiger partial charge in [0.25, 0.3) is 5.91 Å². The maximum Gasteiger partial charge on any atom is 0.269 e. The number of hydrogen-bond acceptors (Lipinski definition) is 2. The summed E-state index contributed by atoms with van der Waals surface area (Å²) in [5.41, 5.74) is 3.85. The summed E-state index contributed by atoms with van der Waals surface area (Å²) in [4.78, 5) is 24.4. The van der Waals surface area contributed by atoms with Crippen LogP contribution in [0.2, 0.25) is 0 Å². The first kappa shape index (κ1) is 16.2. The molecule has 0 fully saturated rings. The number of hydrazine groups is 1.